The lowest BCUT2D eigenvalue weighted by atomic mass is 9.31. The van der Waals surface area contributed by atoms with Gasteiger partial charge < -0.3 is 9.80 Å². The number of benzene rings is 8. The number of nitrogens with zero attached hydrogens (tertiary/aromatic N) is 2. The van der Waals surface area contributed by atoms with Crippen molar-refractivity contribution < 1.29 is 0 Å². The number of para-hydroxylation sites is 3. The van der Waals surface area contributed by atoms with E-state index in [-0.39, 0.29) is 13.4 Å². The first-order chi connectivity index (χ1) is 26.3. The Balaban J connectivity index is 1.26. The molecule has 246 valence electrons. The molecule has 0 aliphatic carbocycles. The molecule has 53 heavy (non-hydrogen) atoms. The molecule has 0 unspecified atom stereocenters. The fraction of sp³-hybridized carbons (Fsp3) is 0. The van der Waals surface area contributed by atoms with E-state index in [4.69, 9.17) is 0 Å². The van der Waals surface area contributed by atoms with Crippen molar-refractivity contribution in [3.8, 4) is 11.1 Å². The van der Waals surface area contributed by atoms with Gasteiger partial charge in [-0.1, -0.05) is 168 Å². The standard InChI is InChI=1S/C48H32B2N2S/c1-4-16-33(17-5-1)34-28-30-37(31-29-34)51-41-25-13-10-22-38(41)49(35-18-6-2-7-19-35)46-43(51)32-45-47-48(46)52(36-20-8-3-9-21-36)42-26-14-11-23-39(42)50(47)40-24-12-15-27-44(40)53-45/h1-32H. The molecular weight excluding hydrogens is 658 g/mol. The van der Waals surface area contributed by atoms with Gasteiger partial charge in [0.05, 0.1) is 0 Å². The Labute approximate surface area is 315 Å². The molecule has 0 bridgehead atoms. The Kier molecular flexibility index (Phi) is 7.03. The second-order valence-electron chi connectivity index (χ2n) is 14.0. The van der Waals surface area contributed by atoms with Crippen molar-refractivity contribution in [2.24, 2.45) is 0 Å². The quantitative estimate of drug-likeness (QED) is 0.171. The normalized spacial score (nSPS) is 13.4. The molecule has 11 rings (SSSR count). The van der Waals surface area contributed by atoms with E-state index in [9.17, 15) is 0 Å². The monoisotopic (exact) mass is 690 g/mol. The van der Waals surface area contributed by atoms with Gasteiger partial charge in [-0.3, -0.25) is 0 Å². The molecule has 0 radical (unpaired) electrons. The molecule has 3 aliphatic rings. The van der Waals surface area contributed by atoms with Crippen molar-refractivity contribution in [1.82, 2.24) is 0 Å². The highest BCUT2D eigenvalue weighted by atomic mass is 32.2. The van der Waals surface area contributed by atoms with Gasteiger partial charge >= 0.3 is 0 Å². The van der Waals surface area contributed by atoms with Crippen molar-refractivity contribution in [2.45, 2.75) is 9.79 Å². The van der Waals surface area contributed by atoms with Crippen molar-refractivity contribution >= 4 is 92.1 Å². The van der Waals surface area contributed by atoms with Crippen LogP contribution in [0.3, 0.4) is 0 Å². The average Bonchev–Trinajstić information content (AvgIpc) is 3.23. The van der Waals surface area contributed by atoms with Crippen LogP contribution in [-0.2, 0) is 0 Å². The second-order valence-corrected chi connectivity index (χ2v) is 15.1. The lowest BCUT2D eigenvalue weighted by Crippen LogP contribution is -2.65. The minimum absolute atomic E-state index is 0.0156. The second kappa shape index (κ2) is 12.2. The van der Waals surface area contributed by atoms with Gasteiger partial charge in [0.25, 0.3) is 0 Å². The van der Waals surface area contributed by atoms with Crippen LogP contribution >= 0.6 is 11.8 Å². The summed E-state index contributed by atoms with van der Waals surface area (Å²) in [6.07, 6.45) is 0. The van der Waals surface area contributed by atoms with Gasteiger partial charge in [0, 0.05) is 43.9 Å². The maximum absolute atomic E-state index is 2.57. The Bertz CT molecular complexity index is 2670. The van der Waals surface area contributed by atoms with Crippen molar-refractivity contribution in [2.75, 3.05) is 9.80 Å². The van der Waals surface area contributed by atoms with E-state index in [1.54, 1.807) is 0 Å². The van der Waals surface area contributed by atoms with Crippen LogP contribution in [0, 0.1) is 0 Å². The third kappa shape index (κ3) is 4.70. The molecular formula is C48H32B2N2S. The zero-order valence-electron chi connectivity index (χ0n) is 28.9. The van der Waals surface area contributed by atoms with Crippen LogP contribution in [0.25, 0.3) is 11.1 Å². The third-order valence-corrected chi connectivity index (χ3v) is 12.3. The molecule has 0 aromatic heterocycles. The first-order valence-corrected chi connectivity index (χ1v) is 19.2. The molecule has 2 nitrogen and oxygen atoms in total. The van der Waals surface area contributed by atoms with Crippen LogP contribution in [-0.4, -0.2) is 13.4 Å². The van der Waals surface area contributed by atoms with Gasteiger partial charge in [0.1, 0.15) is 0 Å². The summed E-state index contributed by atoms with van der Waals surface area (Å²) in [4.78, 5) is 7.73. The Morgan fingerprint density at radius 1 is 0.358 bits per heavy atom. The number of hydrogen-bond donors (Lipinski definition) is 0. The van der Waals surface area contributed by atoms with Crippen molar-refractivity contribution in [3.05, 3.63) is 194 Å². The fourth-order valence-corrected chi connectivity index (χ4v) is 10.2. The number of hydrogen-bond acceptors (Lipinski definition) is 3. The molecule has 8 aromatic rings. The minimum atomic E-state index is 0.0156. The maximum atomic E-state index is 2.57. The average molecular weight is 690 g/mol. The van der Waals surface area contributed by atoms with Crippen LogP contribution in [0.15, 0.2) is 204 Å². The van der Waals surface area contributed by atoms with Crippen LogP contribution in [0.5, 0.6) is 0 Å². The lowest BCUT2D eigenvalue weighted by Gasteiger charge is -2.46. The highest BCUT2D eigenvalue weighted by Crippen LogP contribution is 2.46. The van der Waals surface area contributed by atoms with E-state index < -0.39 is 0 Å². The molecule has 3 heterocycles. The van der Waals surface area contributed by atoms with Gasteiger partial charge in [0.2, 0.25) is 13.4 Å². The largest absolute Gasteiger partial charge is 0.312 e. The van der Waals surface area contributed by atoms with E-state index in [1.165, 1.54) is 82.1 Å². The summed E-state index contributed by atoms with van der Waals surface area (Å²) < 4.78 is 0. The van der Waals surface area contributed by atoms with E-state index >= 15 is 0 Å². The Morgan fingerprint density at radius 2 is 0.887 bits per heavy atom. The van der Waals surface area contributed by atoms with Crippen molar-refractivity contribution in [1.29, 1.82) is 0 Å². The predicted molar refractivity (Wildman–Crippen MR) is 228 cm³/mol. The molecule has 3 aliphatic heterocycles. The molecule has 0 amide bonds. The molecule has 0 fully saturated rings. The molecule has 0 spiro atoms. The van der Waals surface area contributed by atoms with Crippen LogP contribution < -0.4 is 42.6 Å². The van der Waals surface area contributed by atoms with Crippen LogP contribution in [0.2, 0.25) is 0 Å². The summed E-state index contributed by atoms with van der Waals surface area (Å²) in [5.74, 6) is 0. The third-order valence-electron chi connectivity index (χ3n) is 11.2. The molecule has 0 N–H and O–H groups in total. The fourth-order valence-electron chi connectivity index (χ4n) is 8.97. The highest BCUT2D eigenvalue weighted by Gasteiger charge is 2.47. The predicted octanol–water partition coefficient (Wildman–Crippen LogP) is 8.42. The Morgan fingerprint density at radius 3 is 1.60 bits per heavy atom. The summed E-state index contributed by atoms with van der Waals surface area (Å²) in [7, 11) is 0. The molecule has 8 aromatic carbocycles. The minimum Gasteiger partial charge on any atom is -0.312 e. The summed E-state index contributed by atoms with van der Waals surface area (Å²) in [5.41, 5.74) is 17.8. The maximum Gasteiger partial charge on any atom is 0.249 e. The first-order valence-electron chi connectivity index (χ1n) is 18.3. The highest BCUT2D eigenvalue weighted by molar-refractivity contribution is 8.00. The van der Waals surface area contributed by atoms with Gasteiger partial charge in [-0.25, -0.2) is 0 Å². The summed E-state index contributed by atoms with van der Waals surface area (Å²) >= 11 is 1.92. The summed E-state index contributed by atoms with van der Waals surface area (Å²) in [6, 6.07) is 71.6. The number of rotatable bonds is 4. The zero-order valence-corrected chi connectivity index (χ0v) is 29.7. The van der Waals surface area contributed by atoms with Gasteiger partial charge in [-0.05, 0) is 81.5 Å². The molecule has 0 atom stereocenters. The Hall–Kier alpha value is -6.16. The summed E-state index contributed by atoms with van der Waals surface area (Å²) in [6.45, 7) is 0.132. The lowest BCUT2D eigenvalue weighted by molar-refractivity contribution is 1.24. The smallest absolute Gasteiger partial charge is 0.249 e. The SMILES string of the molecule is c1ccc(B2c3ccccc3N(c3ccc(-c4ccccc4)cc3)c3cc4c5c(c32)N(c2ccccc2)c2ccccc2B5c2ccccc2S4)cc1. The van der Waals surface area contributed by atoms with Crippen LogP contribution in [0.4, 0.5) is 34.1 Å². The topological polar surface area (TPSA) is 6.48 Å². The van der Waals surface area contributed by atoms with E-state index in [0.29, 0.717) is 0 Å². The van der Waals surface area contributed by atoms with E-state index in [0.717, 1.165) is 5.69 Å². The molecule has 5 heteroatoms. The zero-order chi connectivity index (χ0) is 34.9. The van der Waals surface area contributed by atoms with Gasteiger partial charge in [0.15, 0.2) is 0 Å². The molecule has 0 saturated carbocycles. The first kappa shape index (κ1) is 30.5. The van der Waals surface area contributed by atoms with Gasteiger partial charge in [-0.2, -0.15) is 0 Å². The van der Waals surface area contributed by atoms with Gasteiger partial charge in [-0.15, -0.1) is 0 Å². The number of fused-ring (bicyclic) bond motifs is 7. The number of anilines is 6. The molecule has 0 saturated heterocycles. The van der Waals surface area contributed by atoms with E-state index in [1.807, 2.05) is 11.8 Å². The summed E-state index contributed by atoms with van der Waals surface area (Å²) in [5, 5.41) is 0. The van der Waals surface area contributed by atoms with E-state index in [2.05, 4.69) is 204 Å². The van der Waals surface area contributed by atoms with Crippen molar-refractivity contribution in [3.63, 3.8) is 0 Å². The van der Waals surface area contributed by atoms with Crippen LogP contribution in [0.1, 0.15) is 0 Å².